The minimum atomic E-state index is -1.11. The molecule has 0 aliphatic carbocycles. The van der Waals surface area contributed by atoms with Crippen LogP contribution >= 0.6 is 23.2 Å². The summed E-state index contributed by atoms with van der Waals surface area (Å²) in [5.41, 5.74) is 8.22. The average Bonchev–Trinajstić information content (AvgIpc) is 3.46. The van der Waals surface area contributed by atoms with Crippen LogP contribution in [0.25, 0.3) is 22.2 Å². The van der Waals surface area contributed by atoms with Crippen molar-refractivity contribution in [3.63, 3.8) is 0 Å². The second-order valence-electron chi connectivity index (χ2n) is 7.84. The van der Waals surface area contributed by atoms with Crippen molar-refractivity contribution in [2.75, 3.05) is 11.4 Å². The molecule has 0 saturated carbocycles. The number of H-pyrrole nitrogens is 1. The first kappa shape index (κ1) is 22.3. The fourth-order valence-corrected chi connectivity index (χ4v) is 4.67. The molecule has 3 aromatic heterocycles. The molecule has 1 aliphatic heterocycles. The molecule has 11 heteroatoms. The molecule has 0 radical (unpaired) electrons. The van der Waals surface area contributed by atoms with Crippen LogP contribution in [-0.4, -0.2) is 32.8 Å². The minimum Gasteiger partial charge on any atom is -0.468 e. The Hall–Kier alpha value is -3.45. The van der Waals surface area contributed by atoms with Crippen molar-refractivity contribution in [1.29, 1.82) is 5.26 Å². The van der Waals surface area contributed by atoms with Gasteiger partial charge in [-0.15, -0.1) is 0 Å². The summed E-state index contributed by atoms with van der Waals surface area (Å²) in [7, 11) is 0. The number of pyridine rings is 2. The highest BCUT2D eigenvalue weighted by Crippen LogP contribution is 2.35. The molecule has 5 rings (SSSR count). The Bertz CT molecular complexity index is 1380. The molecule has 1 aliphatic rings. The van der Waals surface area contributed by atoms with Crippen LogP contribution < -0.4 is 15.4 Å². The number of hydrogen-bond acceptors (Lipinski definition) is 7. The zero-order chi connectivity index (χ0) is 23.8. The van der Waals surface area contributed by atoms with Gasteiger partial charge in [-0.2, -0.15) is 10.4 Å². The minimum absolute atomic E-state index is 0.0786. The van der Waals surface area contributed by atoms with E-state index >= 15 is 0 Å². The predicted octanol–water partition coefficient (Wildman–Crippen LogP) is 4.99. The monoisotopic (exact) mass is 497 g/mol. The lowest BCUT2D eigenvalue weighted by Gasteiger charge is -2.20. The van der Waals surface area contributed by atoms with Crippen molar-refractivity contribution in [1.82, 2.24) is 20.2 Å². The van der Waals surface area contributed by atoms with E-state index in [2.05, 4.69) is 26.2 Å². The number of fused-ring (bicyclic) bond motifs is 1. The number of nitrogens with zero attached hydrogens (tertiary/aromatic N) is 5. The first-order valence-electron chi connectivity index (χ1n) is 10.5. The number of nitrogens with one attached hydrogen (secondary N) is 1. The van der Waals surface area contributed by atoms with Crippen molar-refractivity contribution in [3.8, 4) is 23.1 Å². The van der Waals surface area contributed by atoms with E-state index in [4.69, 9.17) is 33.7 Å². The summed E-state index contributed by atoms with van der Waals surface area (Å²) in [5.74, 6) is 0.0365. The van der Waals surface area contributed by atoms with Crippen LogP contribution in [0.3, 0.4) is 0 Å². The van der Waals surface area contributed by atoms with E-state index in [0.29, 0.717) is 22.2 Å². The summed E-state index contributed by atoms with van der Waals surface area (Å²) < 4.78 is 20.4. The highest BCUT2D eigenvalue weighted by molar-refractivity contribution is 6.35. The van der Waals surface area contributed by atoms with Gasteiger partial charge < -0.3 is 9.64 Å². The molecule has 1 aromatic carbocycles. The van der Waals surface area contributed by atoms with Crippen LogP contribution in [-0.2, 0) is 0 Å². The van der Waals surface area contributed by atoms with E-state index in [1.54, 1.807) is 6.20 Å². The highest BCUT2D eigenvalue weighted by Gasteiger charge is 2.25. The Morgan fingerprint density at radius 2 is 2.03 bits per heavy atom. The van der Waals surface area contributed by atoms with Gasteiger partial charge in [0.05, 0.1) is 21.6 Å². The van der Waals surface area contributed by atoms with Gasteiger partial charge in [0.15, 0.2) is 17.8 Å². The van der Waals surface area contributed by atoms with Gasteiger partial charge in [0, 0.05) is 47.7 Å². The SMILES string of the molecule is N#C[C@@H]1CCCN1c1ccc(-c2n[nH]c3cc(F)c(O[C@H](N)c4c(Cl)cncc4Cl)cc23)cn1. The molecule has 34 heavy (non-hydrogen) atoms. The Kier molecular flexibility index (Phi) is 5.96. The average molecular weight is 498 g/mol. The molecule has 4 heterocycles. The number of hydrogen-bond donors (Lipinski definition) is 2. The van der Waals surface area contributed by atoms with Gasteiger partial charge in [-0.25, -0.2) is 9.37 Å². The maximum atomic E-state index is 14.8. The normalized spacial score (nSPS) is 16.6. The largest absolute Gasteiger partial charge is 0.468 e. The second-order valence-corrected chi connectivity index (χ2v) is 8.66. The maximum Gasteiger partial charge on any atom is 0.177 e. The molecule has 0 bridgehead atoms. The van der Waals surface area contributed by atoms with Crippen molar-refractivity contribution < 1.29 is 9.13 Å². The first-order valence-corrected chi connectivity index (χ1v) is 11.2. The number of ether oxygens (including phenoxy) is 1. The molecular weight excluding hydrogens is 480 g/mol. The first-order chi connectivity index (χ1) is 16.5. The summed E-state index contributed by atoms with van der Waals surface area (Å²) in [6.07, 6.45) is 5.13. The quantitative estimate of drug-likeness (QED) is 0.372. The van der Waals surface area contributed by atoms with Crippen LogP contribution in [0.1, 0.15) is 24.6 Å². The van der Waals surface area contributed by atoms with Crippen LogP contribution in [0, 0.1) is 17.1 Å². The fraction of sp³-hybridized carbons (Fsp3) is 0.217. The van der Waals surface area contributed by atoms with Crippen molar-refractivity contribution in [2.24, 2.45) is 5.73 Å². The summed E-state index contributed by atoms with van der Waals surface area (Å²) in [6, 6.07) is 8.68. The van der Waals surface area contributed by atoms with E-state index in [1.807, 2.05) is 17.0 Å². The lowest BCUT2D eigenvalue weighted by molar-refractivity contribution is 0.205. The number of rotatable bonds is 5. The number of aromatic amines is 1. The van der Waals surface area contributed by atoms with E-state index in [-0.39, 0.29) is 21.8 Å². The number of aromatic nitrogens is 4. The third-order valence-corrected chi connectivity index (χ3v) is 6.36. The van der Waals surface area contributed by atoms with Gasteiger partial charge >= 0.3 is 0 Å². The lowest BCUT2D eigenvalue weighted by atomic mass is 10.1. The highest BCUT2D eigenvalue weighted by atomic mass is 35.5. The van der Waals surface area contributed by atoms with E-state index < -0.39 is 12.0 Å². The van der Waals surface area contributed by atoms with E-state index in [1.165, 1.54) is 24.5 Å². The number of benzene rings is 1. The third-order valence-electron chi connectivity index (χ3n) is 5.76. The molecule has 8 nitrogen and oxygen atoms in total. The Labute approximate surface area is 204 Å². The van der Waals surface area contributed by atoms with Gasteiger partial charge in [0.1, 0.15) is 17.6 Å². The molecule has 4 aromatic rings. The smallest absolute Gasteiger partial charge is 0.177 e. The van der Waals surface area contributed by atoms with Crippen LogP contribution in [0.15, 0.2) is 42.9 Å². The molecule has 0 spiro atoms. The molecule has 0 amide bonds. The van der Waals surface area contributed by atoms with Crippen LogP contribution in [0.5, 0.6) is 5.75 Å². The van der Waals surface area contributed by atoms with Crippen LogP contribution in [0.2, 0.25) is 10.0 Å². The Morgan fingerprint density at radius 3 is 2.74 bits per heavy atom. The second kappa shape index (κ2) is 9.06. The molecule has 1 fully saturated rings. The summed E-state index contributed by atoms with van der Waals surface area (Å²) in [4.78, 5) is 10.4. The molecule has 1 saturated heterocycles. The van der Waals surface area contributed by atoms with Gasteiger partial charge in [0.2, 0.25) is 0 Å². The lowest BCUT2D eigenvalue weighted by Crippen LogP contribution is -2.28. The van der Waals surface area contributed by atoms with Gasteiger partial charge in [0.25, 0.3) is 0 Å². The fourth-order valence-electron chi connectivity index (χ4n) is 4.09. The zero-order valence-electron chi connectivity index (χ0n) is 17.7. The van der Waals surface area contributed by atoms with E-state index in [9.17, 15) is 9.65 Å². The summed E-state index contributed by atoms with van der Waals surface area (Å²) >= 11 is 12.3. The van der Waals surface area contributed by atoms with Crippen LogP contribution in [0.4, 0.5) is 10.2 Å². The van der Waals surface area contributed by atoms with Gasteiger partial charge in [-0.1, -0.05) is 23.2 Å². The predicted molar refractivity (Wildman–Crippen MR) is 127 cm³/mol. The van der Waals surface area contributed by atoms with Crippen molar-refractivity contribution >= 4 is 39.9 Å². The number of nitrogens with two attached hydrogens (primary N) is 1. The number of halogens is 3. The number of anilines is 1. The Balaban J connectivity index is 1.46. The number of nitriles is 1. The summed E-state index contributed by atoms with van der Waals surface area (Å²) in [5, 5.41) is 17.6. The van der Waals surface area contributed by atoms with Gasteiger partial charge in [-0.3, -0.25) is 15.8 Å². The topological polar surface area (TPSA) is 117 Å². The van der Waals surface area contributed by atoms with Gasteiger partial charge in [-0.05, 0) is 31.0 Å². The molecule has 172 valence electrons. The molecule has 2 atom stereocenters. The molecule has 3 N–H and O–H groups in total. The van der Waals surface area contributed by atoms with Crippen molar-refractivity contribution in [2.45, 2.75) is 25.1 Å². The van der Waals surface area contributed by atoms with E-state index in [0.717, 1.165) is 30.8 Å². The maximum absolute atomic E-state index is 14.8. The standard InChI is InChI=1S/C23H18Cl2FN7O/c24-15-10-29-11-16(25)21(15)23(28)34-19-6-14-18(7-17(19)26)31-32-22(14)12-3-4-20(30-9-12)33-5-1-2-13(33)8-27/h3-4,6-7,9-11,13,23H,1-2,5,28H2,(H,31,32)/t13-,23-/m0/s1. The zero-order valence-corrected chi connectivity index (χ0v) is 19.2. The molecule has 0 unspecified atom stereocenters. The van der Waals surface area contributed by atoms with Crippen molar-refractivity contribution in [3.05, 3.63) is 64.3 Å². The summed E-state index contributed by atoms with van der Waals surface area (Å²) in [6.45, 7) is 0.793. The Morgan fingerprint density at radius 1 is 1.24 bits per heavy atom. The third kappa shape index (κ3) is 4.01. The molecular formula is C23H18Cl2FN7O.